The summed E-state index contributed by atoms with van der Waals surface area (Å²) in [6, 6.07) is 4.15. The molecule has 0 aliphatic heterocycles. The Bertz CT molecular complexity index is 961. The van der Waals surface area contributed by atoms with E-state index in [4.69, 9.17) is 11.6 Å². The van der Waals surface area contributed by atoms with Crippen molar-refractivity contribution in [3.05, 3.63) is 51.3 Å². The van der Waals surface area contributed by atoms with Crippen LogP contribution in [0.5, 0.6) is 0 Å². The first-order valence-electron chi connectivity index (χ1n) is 7.78. The number of benzene rings is 1. The SMILES string of the molecule is Cc1c(-c2cc(F)ccc2Cl)n(CCC(C)C)c2ncnn2c1=O. The van der Waals surface area contributed by atoms with Crippen LogP contribution in [-0.2, 0) is 6.54 Å². The van der Waals surface area contributed by atoms with Crippen molar-refractivity contribution < 1.29 is 4.39 Å². The van der Waals surface area contributed by atoms with Crippen molar-refractivity contribution in [1.82, 2.24) is 19.2 Å². The maximum absolute atomic E-state index is 13.8. The lowest BCUT2D eigenvalue weighted by Gasteiger charge is -2.18. The quantitative estimate of drug-likeness (QED) is 0.722. The molecule has 0 spiro atoms. The van der Waals surface area contributed by atoms with E-state index in [1.54, 1.807) is 6.92 Å². The van der Waals surface area contributed by atoms with Crippen LogP contribution >= 0.6 is 11.6 Å². The highest BCUT2D eigenvalue weighted by Crippen LogP contribution is 2.31. The zero-order chi connectivity index (χ0) is 17.4. The van der Waals surface area contributed by atoms with Gasteiger partial charge in [0.1, 0.15) is 12.1 Å². The number of hydrogen-bond donors (Lipinski definition) is 0. The number of aromatic nitrogens is 4. The molecule has 0 saturated carbocycles. The Kier molecular flexibility index (Phi) is 4.41. The molecule has 24 heavy (non-hydrogen) atoms. The number of rotatable bonds is 4. The highest BCUT2D eigenvalue weighted by molar-refractivity contribution is 6.33. The van der Waals surface area contributed by atoms with Crippen molar-refractivity contribution in [2.24, 2.45) is 5.92 Å². The third-order valence-corrected chi connectivity index (χ3v) is 4.35. The maximum atomic E-state index is 13.8. The lowest BCUT2D eigenvalue weighted by molar-refractivity contribution is 0.517. The summed E-state index contributed by atoms with van der Waals surface area (Å²) in [6.07, 6.45) is 2.23. The predicted octanol–water partition coefficient (Wildman–Crippen LogP) is 3.71. The van der Waals surface area contributed by atoms with Gasteiger partial charge in [0.15, 0.2) is 0 Å². The van der Waals surface area contributed by atoms with Crippen molar-refractivity contribution in [3.63, 3.8) is 0 Å². The summed E-state index contributed by atoms with van der Waals surface area (Å²) in [7, 11) is 0. The first kappa shape index (κ1) is 16.6. The van der Waals surface area contributed by atoms with Gasteiger partial charge in [-0.1, -0.05) is 25.4 Å². The van der Waals surface area contributed by atoms with Gasteiger partial charge in [0.2, 0.25) is 5.78 Å². The smallest absolute Gasteiger partial charge is 0.279 e. The highest BCUT2D eigenvalue weighted by Gasteiger charge is 2.19. The second-order valence-electron chi connectivity index (χ2n) is 6.21. The minimum Gasteiger partial charge on any atom is -0.309 e. The van der Waals surface area contributed by atoms with Gasteiger partial charge in [0, 0.05) is 17.7 Å². The average Bonchev–Trinajstić information content (AvgIpc) is 3.01. The Morgan fingerprint density at radius 3 is 2.79 bits per heavy atom. The average molecular weight is 349 g/mol. The fourth-order valence-electron chi connectivity index (χ4n) is 2.75. The minimum atomic E-state index is -0.405. The van der Waals surface area contributed by atoms with E-state index in [1.165, 1.54) is 29.0 Å². The van der Waals surface area contributed by atoms with Crippen LogP contribution in [0.25, 0.3) is 17.0 Å². The van der Waals surface area contributed by atoms with E-state index in [0.29, 0.717) is 40.1 Å². The largest absolute Gasteiger partial charge is 0.309 e. The van der Waals surface area contributed by atoms with Gasteiger partial charge in [0.05, 0.1) is 10.7 Å². The third-order valence-electron chi connectivity index (χ3n) is 4.02. The first-order chi connectivity index (χ1) is 11.4. The minimum absolute atomic E-state index is 0.279. The monoisotopic (exact) mass is 348 g/mol. The van der Waals surface area contributed by atoms with E-state index < -0.39 is 5.82 Å². The van der Waals surface area contributed by atoms with Crippen LogP contribution in [0.15, 0.2) is 29.3 Å². The zero-order valence-corrected chi connectivity index (χ0v) is 14.5. The molecule has 1 aromatic carbocycles. The van der Waals surface area contributed by atoms with Crippen molar-refractivity contribution in [2.45, 2.75) is 33.7 Å². The van der Waals surface area contributed by atoms with Crippen LogP contribution in [0, 0.1) is 18.7 Å². The maximum Gasteiger partial charge on any atom is 0.279 e. The van der Waals surface area contributed by atoms with Gasteiger partial charge < -0.3 is 4.57 Å². The fourth-order valence-corrected chi connectivity index (χ4v) is 2.96. The molecule has 3 rings (SSSR count). The van der Waals surface area contributed by atoms with Gasteiger partial charge in [-0.15, -0.1) is 0 Å². The molecule has 0 unspecified atom stereocenters. The van der Waals surface area contributed by atoms with Gasteiger partial charge in [0.25, 0.3) is 5.56 Å². The van der Waals surface area contributed by atoms with Crippen LogP contribution < -0.4 is 5.56 Å². The van der Waals surface area contributed by atoms with E-state index in [-0.39, 0.29) is 5.56 Å². The molecule has 2 aromatic heterocycles. The van der Waals surface area contributed by atoms with Crippen molar-refractivity contribution in [1.29, 1.82) is 0 Å². The topological polar surface area (TPSA) is 52.2 Å². The molecular formula is C17H18ClFN4O. The second-order valence-corrected chi connectivity index (χ2v) is 6.62. The van der Waals surface area contributed by atoms with E-state index in [9.17, 15) is 9.18 Å². The summed E-state index contributed by atoms with van der Waals surface area (Å²) in [4.78, 5) is 16.8. The number of fused-ring (bicyclic) bond motifs is 1. The normalized spacial score (nSPS) is 11.6. The standard InChI is InChI=1S/C17H18ClFN4O/c1-10(2)6-7-22-15(13-8-12(19)4-5-14(13)18)11(3)16(24)23-17(22)20-9-21-23/h4-5,8-10H,6-7H2,1-3H3. The van der Waals surface area contributed by atoms with E-state index in [0.717, 1.165) is 6.42 Å². The summed E-state index contributed by atoms with van der Waals surface area (Å²) in [5.74, 6) is 0.489. The molecular weight excluding hydrogens is 331 g/mol. The van der Waals surface area contributed by atoms with E-state index in [1.807, 2.05) is 4.57 Å². The van der Waals surface area contributed by atoms with Crippen molar-refractivity contribution in [2.75, 3.05) is 0 Å². The van der Waals surface area contributed by atoms with Crippen LogP contribution in [0.3, 0.4) is 0 Å². The molecule has 3 aromatic rings. The summed E-state index contributed by atoms with van der Waals surface area (Å²) in [5, 5.41) is 4.40. The zero-order valence-electron chi connectivity index (χ0n) is 13.8. The van der Waals surface area contributed by atoms with E-state index in [2.05, 4.69) is 23.9 Å². The lowest BCUT2D eigenvalue weighted by atomic mass is 10.1. The summed E-state index contributed by atoms with van der Waals surface area (Å²) < 4.78 is 16.9. The summed E-state index contributed by atoms with van der Waals surface area (Å²) >= 11 is 6.29. The Labute approximate surface area is 143 Å². The number of hydrogen-bond acceptors (Lipinski definition) is 3. The molecule has 5 nitrogen and oxygen atoms in total. The first-order valence-corrected chi connectivity index (χ1v) is 8.16. The molecule has 2 heterocycles. The summed E-state index contributed by atoms with van der Waals surface area (Å²) in [5.41, 5.74) is 1.26. The predicted molar refractivity (Wildman–Crippen MR) is 91.8 cm³/mol. The molecule has 0 fully saturated rings. The third kappa shape index (κ3) is 2.82. The molecule has 0 radical (unpaired) electrons. The number of aryl methyl sites for hydroxylation is 1. The Morgan fingerprint density at radius 1 is 1.33 bits per heavy atom. The molecule has 0 aliphatic rings. The van der Waals surface area contributed by atoms with Crippen molar-refractivity contribution in [3.8, 4) is 11.3 Å². The van der Waals surface area contributed by atoms with Crippen molar-refractivity contribution >= 4 is 17.4 Å². The molecule has 126 valence electrons. The molecule has 0 N–H and O–H groups in total. The second kappa shape index (κ2) is 6.36. The molecule has 0 bridgehead atoms. The van der Waals surface area contributed by atoms with Gasteiger partial charge in [-0.3, -0.25) is 4.79 Å². The lowest BCUT2D eigenvalue weighted by Crippen LogP contribution is -2.24. The van der Waals surface area contributed by atoms with E-state index >= 15 is 0 Å². The molecule has 0 atom stereocenters. The fraction of sp³-hybridized carbons (Fsp3) is 0.353. The molecule has 0 amide bonds. The Hall–Kier alpha value is -2.21. The molecule has 7 heteroatoms. The summed E-state index contributed by atoms with van der Waals surface area (Å²) in [6.45, 7) is 6.56. The van der Waals surface area contributed by atoms with Gasteiger partial charge in [-0.05, 0) is 37.5 Å². The number of nitrogens with zero attached hydrogens (tertiary/aromatic N) is 4. The van der Waals surface area contributed by atoms with Crippen LogP contribution in [0.4, 0.5) is 4.39 Å². The Morgan fingerprint density at radius 2 is 2.08 bits per heavy atom. The Balaban J connectivity index is 2.36. The molecule has 0 aliphatic carbocycles. The number of halogens is 2. The molecule has 0 saturated heterocycles. The van der Waals surface area contributed by atoms with Crippen LogP contribution in [0.1, 0.15) is 25.8 Å². The van der Waals surface area contributed by atoms with Gasteiger partial charge in [-0.25, -0.2) is 4.39 Å². The van der Waals surface area contributed by atoms with Crippen LogP contribution in [-0.4, -0.2) is 19.2 Å². The van der Waals surface area contributed by atoms with Gasteiger partial charge >= 0.3 is 0 Å². The van der Waals surface area contributed by atoms with Crippen LogP contribution in [0.2, 0.25) is 5.02 Å². The van der Waals surface area contributed by atoms with Gasteiger partial charge in [-0.2, -0.15) is 14.6 Å². The highest BCUT2D eigenvalue weighted by atomic mass is 35.5.